The van der Waals surface area contributed by atoms with E-state index in [1.54, 1.807) is 6.07 Å². The van der Waals surface area contributed by atoms with E-state index in [0.717, 1.165) is 45.0 Å². The molecule has 0 aliphatic carbocycles. The fourth-order valence-electron chi connectivity index (χ4n) is 4.22. The first-order valence-corrected chi connectivity index (χ1v) is 9.90. The summed E-state index contributed by atoms with van der Waals surface area (Å²) >= 11 is 0. The molecule has 2 saturated heterocycles. The molecule has 1 amide bonds. The van der Waals surface area contributed by atoms with Crippen LogP contribution in [-0.2, 0) is 10.2 Å². The van der Waals surface area contributed by atoms with Gasteiger partial charge in [0.2, 0.25) is 5.91 Å². The lowest BCUT2D eigenvalue weighted by molar-refractivity contribution is -0.119. The Morgan fingerprint density at radius 1 is 1.41 bits per heavy atom. The largest absolute Gasteiger partial charge is 0.357 e. The van der Waals surface area contributed by atoms with E-state index in [-0.39, 0.29) is 17.1 Å². The zero-order chi connectivity index (χ0) is 19.5. The highest BCUT2D eigenvalue weighted by molar-refractivity contribution is 5.81. The molecule has 2 N–H and O–H groups in total. The smallest absolute Gasteiger partial charge is 0.220 e. The number of rotatable bonds is 4. The lowest BCUT2D eigenvalue weighted by Crippen LogP contribution is -2.51. The number of carbonyl (C=O) groups excluding carboxylic acids is 1. The second kappa shape index (κ2) is 7.87. The van der Waals surface area contributed by atoms with Crippen LogP contribution in [0.3, 0.4) is 0 Å². The number of hydrogen-bond donors (Lipinski definition) is 2. The van der Waals surface area contributed by atoms with Crippen LogP contribution < -0.4 is 10.6 Å². The molecule has 6 heteroatoms. The van der Waals surface area contributed by atoms with Crippen LogP contribution in [0.25, 0.3) is 0 Å². The topological polar surface area (TPSA) is 56.7 Å². The normalized spacial score (nSPS) is 23.6. The van der Waals surface area contributed by atoms with E-state index in [4.69, 9.17) is 4.99 Å². The van der Waals surface area contributed by atoms with Crippen molar-refractivity contribution in [1.29, 1.82) is 0 Å². The quantitative estimate of drug-likeness (QED) is 0.629. The summed E-state index contributed by atoms with van der Waals surface area (Å²) < 4.78 is 14.2. The summed E-state index contributed by atoms with van der Waals surface area (Å²) in [5.41, 5.74) is 0.307. The SMILES string of the molecule is CCNC(=NCC(C)(C)c1ccccc1F)N1CCCC2(CNC(=O)C2)C1. The van der Waals surface area contributed by atoms with Crippen LogP contribution in [0.4, 0.5) is 4.39 Å². The first kappa shape index (κ1) is 19.6. The van der Waals surface area contributed by atoms with Crippen molar-refractivity contribution in [3.8, 4) is 0 Å². The molecule has 5 nitrogen and oxygen atoms in total. The summed E-state index contributed by atoms with van der Waals surface area (Å²) in [6, 6.07) is 6.92. The number of hydrogen-bond acceptors (Lipinski definition) is 2. The monoisotopic (exact) mass is 374 g/mol. The molecule has 0 bridgehead atoms. The highest BCUT2D eigenvalue weighted by atomic mass is 19.1. The summed E-state index contributed by atoms with van der Waals surface area (Å²) in [6.07, 6.45) is 2.72. The Morgan fingerprint density at radius 3 is 2.85 bits per heavy atom. The molecule has 0 saturated carbocycles. The molecule has 0 aromatic heterocycles. The van der Waals surface area contributed by atoms with Crippen molar-refractivity contribution in [2.24, 2.45) is 10.4 Å². The maximum Gasteiger partial charge on any atom is 0.220 e. The third kappa shape index (κ3) is 4.42. The minimum Gasteiger partial charge on any atom is -0.357 e. The van der Waals surface area contributed by atoms with Gasteiger partial charge >= 0.3 is 0 Å². The lowest BCUT2D eigenvalue weighted by atomic mass is 9.79. The Morgan fingerprint density at radius 2 is 2.19 bits per heavy atom. The molecule has 1 aromatic carbocycles. The van der Waals surface area contributed by atoms with Crippen LogP contribution in [0.2, 0.25) is 0 Å². The molecule has 2 heterocycles. The predicted octanol–water partition coefficient (Wildman–Crippen LogP) is 2.67. The molecule has 0 radical (unpaired) electrons. The van der Waals surface area contributed by atoms with Crippen molar-refractivity contribution < 1.29 is 9.18 Å². The minimum absolute atomic E-state index is 0.0204. The summed E-state index contributed by atoms with van der Waals surface area (Å²) in [4.78, 5) is 18.9. The number of amides is 1. The summed E-state index contributed by atoms with van der Waals surface area (Å²) in [6.45, 7) is 9.89. The number of aliphatic imine (C=N–C) groups is 1. The fourth-order valence-corrected chi connectivity index (χ4v) is 4.22. The van der Waals surface area contributed by atoms with Crippen molar-refractivity contribution in [2.75, 3.05) is 32.7 Å². The zero-order valence-electron chi connectivity index (χ0n) is 16.6. The van der Waals surface area contributed by atoms with Crippen molar-refractivity contribution in [1.82, 2.24) is 15.5 Å². The molecule has 148 valence electrons. The first-order valence-electron chi connectivity index (χ1n) is 9.90. The van der Waals surface area contributed by atoms with Gasteiger partial charge in [-0.15, -0.1) is 0 Å². The molecule has 3 rings (SSSR count). The predicted molar refractivity (Wildman–Crippen MR) is 106 cm³/mol. The molecule has 2 aliphatic heterocycles. The average molecular weight is 375 g/mol. The van der Waals surface area contributed by atoms with Gasteiger partial charge in [0.15, 0.2) is 5.96 Å². The number of piperidine rings is 1. The van der Waals surface area contributed by atoms with Gasteiger partial charge in [-0.1, -0.05) is 32.0 Å². The Kier molecular flexibility index (Phi) is 5.72. The van der Waals surface area contributed by atoms with Gasteiger partial charge in [0.1, 0.15) is 5.82 Å². The fraction of sp³-hybridized carbons (Fsp3) is 0.619. The zero-order valence-corrected chi connectivity index (χ0v) is 16.6. The van der Waals surface area contributed by atoms with E-state index in [0.29, 0.717) is 18.5 Å². The van der Waals surface area contributed by atoms with E-state index >= 15 is 0 Å². The van der Waals surface area contributed by atoms with Crippen molar-refractivity contribution in [2.45, 2.75) is 45.4 Å². The summed E-state index contributed by atoms with van der Waals surface area (Å²) in [5, 5.41) is 6.37. The average Bonchev–Trinajstić information content (AvgIpc) is 2.98. The van der Waals surface area contributed by atoms with Crippen molar-refractivity contribution >= 4 is 11.9 Å². The van der Waals surface area contributed by atoms with Crippen LogP contribution in [0.15, 0.2) is 29.3 Å². The molecule has 1 spiro atoms. The highest BCUT2D eigenvalue weighted by Gasteiger charge is 2.42. The Labute approximate surface area is 161 Å². The third-order valence-electron chi connectivity index (χ3n) is 5.72. The second-order valence-electron chi connectivity index (χ2n) is 8.51. The number of nitrogens with zero attached hydrogens (tertiary/aromatic N) is 2. The molecule has 1 atom stereocenters. The molecule has 2 fully saturated rings. The van der Waals surface area contributed by atoms with E-state index in [1.807, 2.05) is 26.0 Å². The van der Waals surface area contributed by atoms with Gasteiger partial charge in [-0.3, -0.25) is 9.79 Å². The Bertz CT molecular complexity index is 718. The van der Waals surface area contributed by atoms with Gasteiger partial charge in [-0.2, -0.15) is 0 Å². The van der Waals surface area contributed by atoms with E-state index in [9.17, 15) is 9.18 Å². The molecule has 1 aromatic rings. The summed E-state index contributed by atoms with van der Waals surface area (Å²) in [7, 11) is 0. The van der Waals surface area contributed by atoms with Crippen molar-refractivity contribution in [3.63, 3.8) is 0 Å². The van der Waals surface area contributed by atoms with Gasteiger partial charge < -0.3 is 15.5 Å². The maximum absolute atomic E-state index is 14.2. The van der Waals surface area contributed by atoms with Gasteiger partial charge in [-0.05, 0) is 31.4 Å². The van der Waals surface area contributed by atoms with Crippen LogP contribution in [0, 0.1) is 11.2 Å². The van der Waals surface area contributed by atoms with Crippen LogP contribution in [0.5, 0.6) is 0 Å². The highest BCUT2D eigenvalue weighted by Crippen LogP contribution is 2.36. The lowest BCUT2D eigenvalue weighted by Gasteiger charge is -2.41. The molecular formula is C21H31FN4O. The van der Waals surface area contributed by atoms with Crippen LogP contribution >= 0.6 is 0 Å². The van der Waals surface area contributed by atoms with Gasteiger partial charge in [-0.25, -0.2) is 4.39 Å². The molecule has 2 aliphatic rings. The number of likely N-dealkylation sites (tertiary alicyclic amines) is 1. The second-order valence-corrected chi connectivity index (χ2v) is 8.51. The van der Waals surface area contributed by atoms with E-state index in [2.05, 4.69) is 22.5 Å². The number of benzene rings is 1. The summed E-state index contributed by atoms with van der Waals surface area (Å²) in [5.74, 6) is 0.829. The van der Waals surface area contributed by atoms with Crippen LogP contribution in [-0.4, -0.2) is 49.5 Å². The number of carbonyl (C=O) groups is 1. The molecular weight excluding hydrogens is 343 g/mol. The Balaban J connectivity index is 1.76. The minimum atomic E-state index is -0.398. The van der Waals surface area contributed by atoms with E-state index in [1.165, 1.54) is 6.07 Å². The maximum atomic E-state index is 14.2. The molecule has 27 heavy (non-hydrogen) atoms. The first-order chi connectivity index (χ1) is 12.9. The van der Waals surface area contributed by atoms with E-state index < -0.39 is 5.41 Å². The Hall–Kier alpha value is -2.11. The van der Waals surface area contributed by atoms with Crippen LogP contribution in [0.1, 0.15) is 45.6 Å². The number of nitrogens with one attached hydrogen (secondary N) is 2. The third-order valence-corrected chi connectivity index (χ3v) is 5.72. The molecule has 1 unspecified atom stereocenters. The van der Waals surface area contributed by atoms with Crippen molar-refractivity contribution in [3.05, 3.63) is 35.6 Å². The van der Waals surface area contributed by atoms with Gasteiger partial charge in [0.25, 0.3) is 0 Å². The van der Waals surface area contributed by atoms with Gasteiger partial charge in [0, 0.05) is 43.4 Å². The number of guanidine groups is 1. The number of halogens is 1. The van der Waals surface area contributed by atoms with Gasteiger partial charge in [0.05, 0.1) is 6.54 Å². The standard InChI is InChI=1S/C21H31FN4O/c1-4-23-19(25-13-20(2,3)16-8-5-6-9-17(16)22)26-11-7-10-21(15-26)12-18(27)24-14-21/h5-6,8-9H,4,7,10-15H2,1-3H3,(H,23,25)(H,24,27).